The zero-order chi connectivity index (χ0) is 50.2. The molecule has 0 aromatic heterocycles. The van der Waals surface area contributed by atoms with Crippen LogP contribution < -0.4 is 0 Å². The maximum atomic E-state index is 2.46. The van der Waals surface area contributed by atoms with Crippen LogP contribution in [0.4, 0.5) is 0 Å². The van der Waals surface area contributed by atoms with Crippen LogP contribution in [0.5, 0.6) is 0 Å². The number of hydrogen-bond acceptors (Lipinski definition) is 0. The molecular weight excluding hydrogens is 817 g/mol. The molecule has 0 aliphatic heterocycles. The van der Waals surface area contributed by atoms with Gasteiger partial charge in [-0.05, 0) is 85.4 Å². The van der Waals surface area contributed by atoms with Crippen molar-refractivity contribution in [2.24, 2.45) is 40.4 Å². The third-order valence-electron chi connectivity index (χ3n) is 17.6. The molecule has 0 fully saturated rings. The van der Waals surface area contributed by atoms with Crippen molar-refractivity contribution in [3.05, 3.63) is 0 Å². The largest absolute Gasteiger partial charge is 0.0654 e. The summed E-state index contributed by atoms with van der Waals surface area (Å²) < 4.78 is 0. The lowest BCUT2D eigenvalue weighted by Gasteiger charge is -2.57. The minimum absolute atomic E-state index is 0.517. The topological polar surface area (TPSA) is 0 Å². The minimum atomic E-state index is 0.517. The van der Waals surface area contributed by atoms with E-state index in [1.165, 1.54) is 289 Å². The zero-order valence-electron chi connectivity index (χ0n) is 50.2. The molecule has 0 N–H and O–H groups in total. The van der Waals surface area contributed by atoms with E-state index in [0.717, 1.165) is 29.6 Å². The van der Waals surface area contributed by atoms with Crippen molar-refractivity contribution in [2.45, 2.75) is 397 Å². The van der Waals surface area contributed by atoms with Gasteiger partial charge in [-0.2, -0.15) is 0 Å². The first kappa shape index (κ1) is 68.0. The Balaban J connectivity index is 7.51. The SMILES string of the molecule is CCCCCCCCCCCC(CCCCCCCCCC)(CCCCCCCC(C)C)C(CCCCCCCCC)(CCCCCCC(C)C)C(CCCCCC(C)C)CCCCCC(C)C. The van der Waals surface area contributed by atoms with Crippen LogP contribution in [-0.2, 0) is 0 Å². The summed E-state index contributed by atoms with van der Waals surface area (Å²) in [7, 11) is 0. The van der Waals surface area contributed by atoms with E-state index in [9.17, 15) is 0 Å². The molecule has 0 bridgehead atoms. The van der Waals surface area contributed by atoms with Gasteiger partial charge in [0.15, 0.2) is 0 Å². The number of hydrogen-bond donors (Lipinski definition) is 0. The summed E-state index contributed by atoms with van der Waals surface area (Å²) in [6.07, 6.45) is 74.0. The van der Waals surface area contributed by atoms with Crippen LogP contribution in [0.2, 0.25) is 0 Å². The van der Waals surface area contributed by atoms with Gasteiger partial charge in [0, 0.05) is 0 Å². The predicted octanol–water partition coefficient (Wildman–Crippen LogP) is 25.8. The molecule has 0 saturated carbocycles. The zero-order valence-corrected chi connectivity index (χ0v) is 50.2. The highest BCUT2D eigenvalue weighted by atomic mass is 14.6. The van der Waals surface area contributed by atoms with Crippen molar-refractivity contribution in [3.63, 3.8) is 0 Å². The van der Waals surface area contributed by atoms with E-state index >= 15 is 0 Å². The highest BCUT2D eigenvalue weighted by molar-refractivity contribution is 5.02. The van der Waals surface area contributed by atoms with Crippen LogP contribution in [0.15, 0.2) is 0 Å². The lowest BCUT2D eigenvalue weighted by Crippen LogP contribution is -2.48. The van der Waals surface area contributed by atoms with E-state index in [1.54, 1.807) is 32.1 Å². The molecule has 0 rings (SSSR count). The summed E-state index contributed by atoms with van der Waals surface area (Å²) in [5.41, 5.74) is 1.04. The summed E-state index contributed by atoms with van der Waals surface area (Å²) in [6.45, 7) is 26.8. The van der Waals surface area contributed by atoms with Gasteiger partial charge in [0.1, 0.15) is 0 Å². The quantitative estimate of drug-likeness (QED) is 0.0533. The van der Waals surface area contributed by atoms with Gasteiger partial charge in [-0.3, -0.25) is 0 Å². The van der Waals surface area contributed by atoms with E-state index < -0.39 is 0 Å². The van der Waals surface area contributed by atoms with Crippen LogP contribution in [0, 0.1) is 40.4 Å². The Morgan fingerprint density at radius 3 is 0.647 bits per heavy atom. The summed E-state index contributed by atoms with van der Waals surface area (Å²) in [5.74, 6) is 4.33. The first-order chi connectivity index (χ1) is 33.0. The average Bonchev–Trinajstić information content (AvgIpc) is 3.30. The van der Waals surface area contributed by atoms with Crippen LogP contribution in [0.25, 0.3) is 0 Å². The van der Waals surface area contributed by atoms with E-state index in [1.807, 2.05) is 0 Å². The van der Waals surface area contributed by atoms with Crippen molar-refractivity contribution < 1.29 is 0 Å². The first-order valence-electron chi connectivity index (χ1n) is 33.0. The molecule has 0 radical (unpaired) electrons. The maximum absolute atomic E-state index is 2.46. The molecule has 0 aliphatic carbocycles. The molecule has 410 valence electrons. The minimum Gasteiger partial charge on any atom is -0.0654 e. The Morgan fingerprint density at radius 1 is 0.206 bits per heavy atom. The monoisotopic (exact) mass is 955 g/mol. The fourth-order valence-electron chi connectivity index (χ4n) is 13.2. The van der Waals surface area contributed by atoms with Crippen molar-refractivity contribution in [3.8, 4) is 0 Å². The van der Waals surface area contributed by atoms with Gasteiger partial charge in [0.05, 0.1) is 0 Å². The van der Waals surface area contributed by atoms with Gasteiger partial charge < -0.3 is 0 Å². The molecule has 0 heteroatoms. The maximum Gasteiger partial charge on any atom is -0.0213 e. The molecule has 0 amide bonds. The van der Waals surface area contributed by atoms with Crippen LogP contribution in [-0.4, -0.2) is 0 Å². The van der Waals surface area contributed by atoms with E-state index in [-0.39, 0.29) is 0 Å². The Bertz CT molecular complexity index is 939. The predicted molar refractivity (Wildman–Crippen MR) is 316 cm³/mol. The molecule has 0 spiro atoms. The molecule has 0 nitrogen and oxygen atoms in total. The normalized spacial score (nSPS) is 14.1. The molecule has 68 heavy (non-hydrogen) atoms. The van der Waals surface area contributed by atoms with Crippen molar-refractivity contribution in [1.29, 1.82) is 0 Å². The van der Waals surface area contributed by atoms with Gasteiger partial charge >= 0.3 is 0 Å². The van der Waals surface area contributed by atoms with Crippen molar-refractivity contribution in [2.75, 3.05) is 0 Å². The van der Waals surface area contributed by atoms with Crippen LogP contribution in [0.1, 0.15) is 397 Å². The van der Waals surface area contributed by atoms with E-state index in [0.29, 0.717) is 10.8 Å². The standard InChI is InChI=1S/C68H138/c1-12-15-18-21-24-26-29-34-47-58-67(57-46-33-28-25-22-19-16-13-2,59-48-35-30-31-40-51-62(4)5)68(60-49-36-27-23-20-17-14-3,61-50-37-32-41-52-63(6)7)66(55-44-38-42-53-64(8)9)56-45-39-43-54-65(10)11/h62-66H,12-61H2,1-11H3. The number of unbranched alkanes of at least 4 members (excludes halogenated alkanes) is 32. The van der Waals surface area contributed by atoms with Crippen LogP contribution in [0.3, 0.4) is 0 Å². The molecule has 0 saturated heterocycles. The van der Waals surface area contributed by atoms with Gasteiger partial charge in [-0.1, -0.05) is 352 Å². The number of rotatable bonds is 56. The van der Waals surface area contributed by atoms with Crippen LogP contribution >= 0.6 is 0 Å². The molecule has 0 aromatic rings. The lowest BCUT2D eigenvalue weighted by molar-refractivity contribution is -0.0763. The van der Waals surface area contributed by atoms with Crippen molar-refractivity contribution >= 4 is 0 Å². The second-order valence-corrected chi connectivity index (χ2v) is 25.9. The van der Waals surface area contributed by atoms with Gasteiger partial charge in [0.2, 0.25) is 0 Å². The second-order valence-electron chi connectivity index (χ2n) is 25.9. The van der Waals surface area contributed by atoms with Gasteiger partial charge in [0.25, 0.3) is 0 Å². The fourth-order valence-corrected chi connectivity index (χ4v) is 13.2. The highest BCUT2D eigenvalue weighted by Gasteiger charge is 2.52. The molecule has 0 aromatic carbocycles. The van der Waals surface area contributed by atoms with Gasteiger partial charge in [-0.15, -0.1) is 0 Å². The average molecular weight is 956 g/mol. The smallest absolute Gasteiger partial charge is 0.0213 e. The fraction of sp³-hybridized carbons (Fsp3) is 1.00. The molecule has 0 heterocycles. The second kappa shape index (κ2) is 49.2. The Hall–Kier alpha value is 0. The Morgan fingerprint density at radius 2 is 0.397 bits per heavy atom. The molecular formula is C68H138. The Kier molecular flexibility index (Phi) is 49.2. The van der Waals surface area contributed by atoms with Gasteiger partial charge in [-0.25, -0.2) is 0 Å². The summed E-state index contributed by atoms with van der Waals surface area (Å²) in [5, 5.41) is 0. The molecule has 0 aliphatic rings. The van der Waals surface area contributed by atoms with E-state index in [4.69, 9.17) is 0 Å². The van der Waals surface area contributed by atoms with Crippen molar-refractivity contribution in [1.82, 2.24) is 0 Å². The summed E-state index contributed by atoms with van der Waals surface area (Å²) in [4.78, 5) is 0. The molecule has 2 unspecified atom stereocenters. The first-order valence-corrected chi connectivity index (χ1v) is 33.0. The molecule has 2 atom stereocenters. The third kappa shape index (κ3) is 38.6. The Labute approximate surface area is 435 Å². The van der Waals surface area contributed by atoms with E-state index in [2.05, 4.69) is 76.2 Å². The summed E-state index contributed by atoms with van der Waals surface area (Å²) >= 11 is 0. The summed E-state index contributed by atoms with van der Waals surface area (Å²) in [6, 6.07) is 0. The lowest BCUT2D eigenvalue weighted by atomic mass is 9.47. The third-order valence-corrected chi connectivity index (χ3v) is 17.6. The highest BCUT2D eigenvalue weighted by Crippen LogP contribution is 2.62.